The Morgan fingerprint density at radius 1 is 1.17 bits per heavy atom. The van der Waals surface area contributed by atoms with Crippen LogP contribution < -0.4 is 11.1 Å². The summed E-state index contributed by atoms with van der Waals surface area (Å²) in [4.78, 5) is 35.6. The highest BCUT2D eigenvalue weighted by atomic mass is 32.2. The summed E-state index contributed by atoms with van der Waals surface area (Å²) in [6.07, 6.45) is 0.598. The summed E-state index contributed by atoms with van der Waals surface area (Å²) in [6, 6.07) is 6.91. The number of anilines is 1. The van der Waals surface area contributed by atoms with Crippen molar-refractivity contribution < 1.29 is 14.4 Å². The van der Waals surface area contributed by atoms with Crippen LogP contribution in [0.3, 0.4) is 0 Å². The van der Waals surface area contributed by atoms with E-state index in [2.05, 4.69) is 29.4 Å². The first-order valence-corrected chi connectivity index (χ1v) is 10.3. The van der Waals surface area contributed by atoms with Crippen LogP contribution in [-0.4, -0.2) is 37.6 Å². The number of thioether (sulfide) groups is 1. The molecular formula is C20H27N5O3S. The monoisotopic (exact) mass is 417 g/mol. The van der Waals surface area contributed by atoms with Crippen molar-refractivity contribution >= 4 is 35.0 Å². The molecule has 1 aromatic carbocycles. The summed E-state index contributed by atoms with van der Waals surface area (Å²) in [7, 11) is 0. The van der Waals surface area contributed by atoms with Crippen LogP contribution in [-0.2, 0) is 22.6 Å². The van der Waals surface area contributed by atoms with E-state index in [1.54, 1.807) is 31.2 Å². The molecule has 0 radical (unpaired) electrons. The molecule has 1 unspecified atom stereocenters. The number of nitrogens with two attached hydrogens (primary N) is 1. The molecule has 0 aliphatic carbocycles. The third kappa shape index (κ3) is 6.42. The lowest BCUT2D eigenvalue weighted by molar-refractivity contribution is -0.118. The van der Waals surface area contributed by atoms with Gasteiger partial charge in [-0.05, 0) is 31.9 Å². The quantitative estimate of drug-likeness (QED) is 0.453. The summed E-state index contributed by atoms with van der Waals surface area (Å²) in [6.45, 7) is 8.05. The molecule has 0 fully saturated rings. The van der Waals surface area contributed by atoms with E-state index in [4.69, 9.17) is 5.73 Å². The molecule has 29 heavy (non-hydrogen) atoms. The largest absolute Gasteiger partial charge is 0.370 e. The maximum absolute atomic E-state index is 12.7. The smallest absolute Gasteiger partial charge is 0.237 e. The van der Waals surface area contributed by atoms with E-state index in [0.717, 1.165) is 0 Å². The molecule has 1 heterocycles. The number of primary amides is 1. The predicted octanol–water partition coefficient (Wildman–Crippen LogP) is 2.67. The van der Waals surface area contributed by atoms with Crippen LogP contribution in [0, 0.1) is 5.92 Å². The SMILES string of the molecule is CC(=O)c1ccccc1NC(=O)C(C)Sc1nnc(CCC(N)=O)n1CC(C)C. The van der Waals surface area contributed by atoms with Crippen LogP contribution in [0.4, 0.5) is 5.69 Å². The number of aryl methyl sites for hydroxylation is 1. The first-order chi connectivity index (χ1) is 13.7. The van der Waals surface area contributed by atoms with Crippen molar-refractivity contribution in [3.8, 4) is 0 Å². The van der Waals surface area contributed by atoms with Gasteiger partial charge in [-0.1, -0.05) is 37.7 Å². The summed E-state index contributed by atoms with van der Waals surface area (Å²) in [5.41, 5.74) is 6.20. The fourth-order valence-electron chi connectivity index (χ4n) is 2.72. The highest BCUT2D eigenvalue weighted by Gasteiger charge is 2.22. The molecule has 1 aromatic heterocycles. The fraction of sp³-hybridized carbons (Fsp3) is 0.450. The Labute approximate surface area is 174 Å². The normalized spacial score (nSPS) is 12.0. The van der Waals surface area contributed by atoms with Crippen molar-refractivity contribution in [2.24, 2.45) is 11.7 Å². The van der Waals surface area contributed by atoms with Gasteiger partial charge in [0.15, 0.2) is 10.9 Å². The Bertz CT molecular complexity index is 894. The number of Topliss-reactive ketones (excluding diaryl/α,β-unsaturated/α-hetero) is 1. The van der Waals surface area contributed by atoms with Crippen LogP contribution in [0.5, 0.6) is 0 Å². The van der Waals surface area contributed by atoms with Gasteiger partial charge in [-0.3, -0.25) is 14.4 Å². The first kappa shape index (κ1) is 22.6. The number of carbonyl (C=O) groups excluding carboxylic acids is 3. The van der Waals surface area contributed by atoms with E-state index in [1.807, 2.05) is 4.57 Å². The van der Waals surface area contributed by atoms with E-state index in [0.29, 0.717) is 41.1 Å². The Morgan fingerprint density at radius 3 is 2.48 bits per heavy atom. The molecule has 2 aromatic rings. The topological polar surface area (TPSA) is 120 Å². The number of hydrogen-bond donors (Lipinski definition) is 2. The lowest BCUT2D eigenvalue weighted by Crippen LogP contribution is -2.24. The molecule has 2 rings (SSSR count). The lowest BCUT2D eigenvalue weighted by Gasteiger charge is -2.16. The highest BCUT2D eigenvalue weighted by Crippen LogP contribution is 2.25. The van der Waals surface area contributed by atoms with Gasteiger partial charge in [0.1, 0.15) is 5.82 Å². The van der Waals surface area contributed by atoms with Crippen molar-refractivity contribution in [3.63, 3.8) is 0 Å². The third-order valence-corrected chi connectivity index (χ3v) is 5.23. The van der Waals surface area contributed by atoms with Crippen LogP contribution in [0.25, 0.3) is 0 Å². The van der Waals surface area contributed by atoms with E-state index in [1.165, 1.54) is 18.7 Å². The maximum atomic E-state index is 12.7. The van der Waals surface area contributed by atoms with Crippen LogP contribution in [0.15, 0.2) is 29.4 Å². The number of para-hydroxylation sites is 1. The Balaban J connectivity index is 2.15. The average Bonchev–Trinajstić information content (AvgIpc) is 3.01. The third-order valence-electron chi connectivity index (χ3n) is 4.15. The van der Waals surface area contributed by atoms with Gasteiger partial charge in [-0.25, -0.2) is 0 Å². The summed E-state index contributed by atoms with van der Waals surface area (Å²) >= 11 is 1.29. The highest BCUT2D eigenvalue weighted by molar-refractivity contribution is 8.00. The standard InChI is InChI=1S/C20H27N5O3S/c1-12(2)11-25-18(10-9-17(21)27)23-24-20(25)29-14(4)19(28)22-16-8-6-5-7-15(16)13(3)26/h5-8,12,14H,9-11H2,1-4H3,(H2,21,27)(H,22,28). The second kappa shape index (κ2) is 10.2. The molecule has 156 valence electrons. The van der Waals surface area contributed by atoms with Crippen molar-refractivity contribution in [1.29, 1.82) is 0 Å². The molecule has 0 spiro atoms. The van der Waals surface area contributed by atoms with E-state index in [-0.39, 0.29) is 18.1 Å². The zero-order valence-corrected chi connectivity index (χ0v) is 18.0. The molecule has 0 aliphatic rings. The molecule has 0 saturated carbocycles. The number of nitrogens with zero attached hydrogens (tertiary/aromatic N) is 3. The van der Waals surface area contributed by atoms with E-state index < -0.39 is 11.2 Å². The zero-order chi connectivity index (χ0) is 21.6. The summed E-state index contributed by atoms with van der Waals surface area (Å²) in [5.74, 6) is 0.271. The van der Waals surface area contributed by atoms with Gasteiger partial charge in [-0.2, -0.15) is 0 Å². The van der Waals surface area contributed by atoms with Gasteiger partial charge in [0.05, 0.1) is 10.9 Å². The molecule has 3 N–H and O–H groups in total. The molecule has 9 heteroatoms. The van der Waals surface area contributed by atoms with E-state index in [9.17, 15) is 14.4 Å². The molecule has 0 saturated heterocycles. The number of aromatic nitrogens is 3. The number of hydrogen-bond acceptors (Lipinski definition) is 6. The second-order valence-corrected chi connectivity index (χ2v) is 8.53. The second-order valence-electron chi connectivity index (χ2n) is 7.22. The number of rotatable bonds is 10. The number of benzene rings is 1. The summed E-state index contributed by atoms with van der Waals surface area (Å²) in [5, 5.41) is 11.4. The van der Waals surface area contributed by atoms with Crippen LogP contribution in [0.1, 0.15) is 50.3 Å². The number of amides is 2. The van der Waals surface area contributed by atoms with Gasteiger partial charge < -0.3 is 15.6 Å². The zero-order valence-electron chi connectivity index (χ0n) is 17.1. The molecule has 0 bridgehead atoms. The van der Waals surface area contributed by atoms with Crippen molar-refractivity contribution in [2.75, 3.05) is 5.32 Å². The Morgan fingerprint density at radius 2 is 1.86 bits per heavy atom. The molecule has 0 aliphatic heterocycles. The first-order valence-electron chi connectivity index (χ1n) is 9.46. The predicted molar refractivity (Wildman–Crippen MR) is 113 cm³/mol. The van der Waals surface area contributed by atoms with Crippen molar-refractivity contribution in [2.45, 2.75) is 57.5 Å². The van der Waals surface area contributed by atoms with Gasteiger partial charge in [-0.15, -0.1) is 10.2 Å². The van der Waals surface area contributed by atoms with Gasteiger partial charge in [0.25, 0.3) is 0 Å². The number of ketones is 1. The van der Waals surface area contributed by atoms with Crippen molar-refractivity contribution in [3.05, 3.63) is 35.7 Å². The minimum atomic E-state index is -0.464. The minimum Gasteiger partial charge on any atom is -0.370 e. The van der Waals surface area contributed by atoms with Gasteiger partial charge >= 0.3 is 0 Å². The van der Waals surface area contributed by atoms with Crippen LogP contribution in [0.2, 0.25) is 0 Å². The molecular weight excluding hydrogens is 390 g/mol. The molecule has 8 nitrogen and oxygen atoms in total. The molecule has 2 amide bonds. The Hall–Kier alpha value is -2.68. The number of carbonyl (C=O) groups is 3. The summed E-state index contributed by atoms with van der Waals surface area (Å²) < 4.78 is 1.94. The lowest BCUT2D eigenvalue weighted by atomic mass is 10.1. The maximum Gasteiger partial charge on any atom is 0.237 e. The molecule has 1 atom stereocenters. The van der Waals surface area contributed by atoms with Gasteiger partial charge in [0.2, 0.25) is 11.8 Å². The van der Waals surface area contributed by atoms with E-state index >= 15 is 0 Å². The van der Waals surface area contributed by atoms with Crippen molar-refractivity contribution in [1.82, 2.24) is 14.8 Å². The fourth-order valence-corrected chi connectivity index (χ4v) is 3.60. The Kier molecular flexibility index (Phi) is 7.95. The number of nitrogens with one attached hydrogen (secondary N) is 1. The average molecular weight is 418 g/mol. The minimum absolute atomic E-state index is 0.114. The van der Waals surface area contributed by atoms with Gasteiger partial charge in [0, 0.05) is 24.9 Å². The van der Waals surface area contributed by atoms with Crippen LogP contribution >= 0.6 is 11.8 Å².